The Labute approximate surface area is 188 Å². The van der Waals surface area contributed by atoms with Crippen molar-refractivity contribution in [3.05, 3.63) is 58.1 Å². The minimum absolute atomic E-state index is 0.325. The molecule has 3 rings (SSSR count). The van der Waals surface area contributed by atoms with Crippen LogP contribution in [-0.4, -0.2) is 14.4 Å². The van der Waals surface area contributed by atoms with Gasteiger partial charge in [-0.25, -0.2) is 4.79 Å². The Hall–Kier alpha value is -2.27. The van der Waals surface area contributed by atoms with E-state index in [4.69, 9.17) is 9.16 Å². The van der Waals surface area contributed by atoms with E-state index in [1.807, 2.05) is 6.07 Å². The Morgan fingerprint density at radius 2 is 1.55 bits per heavy atom. The number of cyclic esters (lactones) is 1. The number of aryl methyl sites for hydroxylation is 2. The van der Waals surface area contributed by atoms with Gasteiger partial charge in [0, 0.05) is 5.56 Å². The van der Waals surface area contributed by atoms with Crippen molar-refractivity contribution in [2.45, 2.75) is 85.0 Å². The normalized spacial score (nSPS) is 14.0. The van der Waals surface area contributed by atoms with Crippen LogP contribution in [0.5, 0.6) is 5.75 Å². The molecular formula is C26H37NO3Si. The molecule has 0 saturated heterocycles. The number of rotatable bonds is 7. The summed E-state index contributed by atoms with van der Waals surface area (Å²) in [7, 11) is -1.98. The molecule has 0 aliphatic carbocycles. The first-order valence-corrected chi connectivity index (χ1v) is 13.5. The van der Waals surface area contributed by atoms with Gasteiger partial charge in [0.05, 0.1) is 5.69 Å². The second-order valence-corrected chi connectivity index (χ2v) is 15.2. The van der Waals surface area contributed by atoms with Gasteiger partial charge in [0.25, 0.3) is 8.32 Å². The first kappa shape index (κ1) is 23.4. The van der Waals surface area contributed by atoms with Gasteiger partial charge >= 0.3 is 6.09 Å². The second-order valence-electron chi connectivity index (χ2n) is 9.82. The van der Waals surface area contributed by atoms with Gasteiger partial charge in [0.2, 0.25) is 0 Å². The third kappa shape index (κ3) is 4.66. The number of anilines is 1. The van der Waals surface area contributed by atoms with Gasteiger partial charge in [-0.1, -0.05) is 47.6 Å². The standard InChI is InChI=1S/C26H37NO3Si/c1-16(2)31(17(3)4,18(5)6)30-23-11-19(7)24(20(8)12-23)14-21-9-10-25-22(13-21)15-29-26(28)27-25/h9-13,16-18H,14-15H2,1-8H3,(H,27,28). The molecule has 4 nitrogen and oxygen atoms in total. The summed E-state index contributed by atoms with van der Waals surface area (Å²) in [5.74, 6) is 1.02. The number of carbonyl (C=O) groups excluding carboxylic acids is 1. The lowest BCUT2D eigenvalue weighted by molar-refractivity contribution is 0.151. The van der Waals surface area contributed by atoms with E-state index in [9.17, 15) is 4.79 Å². The minimum atomic E-state index is -1.98. The van der Waals surface area contributed by atoms with Gasteiger partial charge < -0.3 is 9.16 Å². The van der Waals surface area contributed by atoms with Crippen molar-refractivity contribution in [3.8, 4) is 5.75 Å². The monoisotopic (exact) mass is 439 g/mol. The molecule has 0 saturated carbocycles. The Balaban J connectivity index is 1.88. The van der Waals surface area contributed by atoms with Gasteiger partial charge in [-0.3, -0.25) is 5.32 Å². The molecule has 1 aliphatic heterocycles. The molecule has 0 unspecified atom stereocenters. The summed E-state index contributed by atoms with van der Waals surface area (Å²) in [5.41, 5.74) is 8.58. The summed E-state index contributed by atoms with van der Waals surface area (Å²) in [4.78, 5) is 11.4. The third-order valence-corrected chi connectivity index (χ3v) is 12.8. The highest BCUT2D eigenvalue weighted by atomic mass is 28.4. The molecule has 0 atom stereocenters. The molecule has 0 spiro atoms. The molecule has 0 radical (unpaired) electrons. The molecule has 0 fully saturated rings. The minimum Gasteiger partial charge on any atom is -0.543 e. The molecular weight excluding hydrogens is 402 g/mol. The molecule has 1 heterocycles. The fourth-order valence-corrected chi connectivity index (χ4v) is 10.6. The Bertz CT molecular complexity index is 920. The fourth-order valence-electron chi connectivity index (χ4n) is 5.34. The molecule has 1 aliphatic rings. The zero-order valence-electron chi connectivity index (χ0n) is 20.3. The topological polar surface area (TPSA) is 47.6 Å². The first-order valence-electron chi connectivity index (χ1n) is 11.4. The molecule has 0 bridgehead atoms. The zero-order valence-corrected chi connectivity index (χ0v) is 21.3. The molecule has 168 valence electrons. The molecule has 1 N–H and O–H groups in total. The number of carbonyl (C=O) groups is 1. The van der Waals surface area contributed by atoms with Crippen molar-refractivity contribution in [2.24, 2.45) is 0 Å². The SMILES string of the molecule is Cc1cc(O[Si](C(C)C)(C(C)C)C(C)C)cc(C)c1Cc1ccc2c(c1)COC(=O)N2. The summed E-state index contributed by atoms with van der Waals surface area (Å²) in [6, 6.07) is 10.6. The summed E-state index contributed by atoms with van der Waals surface area (Å²) in [5, 5.41) is 2.76. The number of hydrogen-bond donors (Lipinski definition) is 1. The maximum atomic E-state index is 11.4. The number of amides is 1. The Kier molecular flexibility index (Phi) is 6.84. The number of benzene rings is 2. The molecule has 2 aromatic carbocycles. The predicted molar refractivity (Wildman–Crippen MR) is 131 cm³/mol. The van der Waals surface area contributed by atoms with E-state index >= 15 is 0 Å². The van der Waals surface area contributed by atoms with E-state index in [1.54, 1.807) is 0 Å². The van der Waals surface area contributed by atoms with Crippen LogP contribution < -0.4 is 9.74 Å². The van der Waals surface area contributed by atoms with Crippen LogP contribution in [0.4, 0.5) is 10.5 Å². The molecule has 2 aromatic rings. The van der Waals surface area contributed by atoms with Crippen molar-refractivity contribution in [3.63, 3.8) is 0 Å². The molecule has 31 heavy (non-hydrogen) atoms. The van der Waals surface area contributed by atoms with E-state index in [2.05, 4.69) is 85.0 Å². The lowest BCUT2D eigenvalue weighted by Gasteiger charge is -2.42. The predicted octanol–water partition coefficient (Wildman–Crippen LogP) is 7.51. The lowest BCUT2D eigenvalue weighted by Crippen LogP contribution is -2.50. The van der Waals surface area contributed by atoms with Crippen LogP contribution in [0, 0.1) is 13.8 Å². The highest BCUT2D eigenvalue weighted by Gasteiger charge is 2.47. The maximum Gasteiger partial charge on any atom is 0.411 e. The largest absolute Gasteiger partial charge is 0.543 e. The van der Waals surface area contributed by atoms with Gasteiger partial charge in [-0.05, 0) is 83.4 Å². The molecule has 5 heteroatoms. The van der Waals surface area contributed by atoms with Crippen LogP contribution in [0.1, 0.15) is 69.4 Å². The van der Waals surface area contributed by atoms with Crippen LogP contribution in [0.2, 0.25) is 16.6 Å². The van der Waals surface area contributed by atoms with E-state index in [1.165, 1.54) is 22.3 Å². The average molecular weight is 440 g/mol. The summed E-state index contributed by atoms with van der Waals surface area (Å²) >= 11 is 0. The summed E-state index contributed by atoms with van der Waals surface area (Å²) in [6.07, 6.45) is 0.464. The van der Waals surface area contributed by atoms with Crippen molar-refractivity contribution >= 4 is 20.1 Å². The average Bonchev–Trinajstić information content (AvgIpc) is 2.68. The first-order chi connectivity index (χ1) is 14.5. The van der Waals surface area contributed by atoms with E-state index in [0.29, 0.717) is 23.2 Å². The molecule has 0 aromatic heterocycles. The van der Waals surface area contributed by atoms with Crippen molar-refractivity contribution < 1.29 is 14.0 Å². The second kappa shape index (κ2) is 9.07. The number of fused-ring (bicyclic) bond motifs is 1. The quantitative estimate of drug-likeness (QED) is 0.454. The van der Waals surface area contributed by atoms with E-state index in [0.717, 1.165) is 23.4 Å². The maximum absolute atomic E-state index is 11.4. The smallest absolute Gasteiger partial charge is 0.411 e. The number of hydrogen-bond acceptors (Lipinski definition) is 3. The highest BCUT2D eigenvalue weighted by molar-refractivity contribution is 6.78. The van der Waals surface area contributed by atoms with Gasteiger partial charge in [0.1, 0.15) is 12.4 Å². The summed E-state index contributed by atoms with van der Waals surface area (Å²) < 4.78 is 12.0. The summed E-state index contributed by atoms with van der Waals surface area (Å²) in [6.45, 7) is 18.6. The van der Waals surface area contributed by atoms with Gasteiger partial charge in [-0.15, -0.1) is 0 Å². The third-order valence-electron chi connectivity index (χ3n) is 6.82. The highest BCUT2D eigenvalue weighted by Crippen LogP contribution is 2.43. The number of nitrogens with one attached hydrogen (secondary N) is 1. The van der Waals surface area contributed by atoms with Crippen LogP contribution >= 0.6 is 0 Å². The zero-order chi connectivity index (χ0) is 22.9. The number of ether oxygens (including phenoxy) is 1. The Morgan fingerprint density at radius 1 is 0.968 bits per heavy atom. The van der Waals surface area contributed by atoms with Gasteiger partial charge in [0.15, 0.2) is 0 Å². The van der Waals surface area contributed by atoms with Crippen molar-refractivity contribution in [1.82, 2.24) is 0 Å². The molecule has 1 amide bonds. The van der Waals surface area contributed by atoms with Crippen LogP contribution in [0.3, 0.4) is 0 Å². The Morgan fingerprint density at radius 3 is 2.10 bits per heavy atom. The van der Waals surface area contributed by atoms with Crippen LogP contribution in [0.15, 0.2) is 30.3 Å². The van der Waals surface area contributed by atoms with Crippen LogP contribution in [0.25, 0.3) is 0 Å². The van der Waals surface area contributed by atoms with E-state index < -0.39 is 8.32 Å². The fraction of sp³-hybridized carbons (Fsp3) is 0.500. The lowest BCUT2D eigenvalue weighted by atomic mass is 9.94. The van der Waals surface area contributed by atoms with Crippen molar-refractivity contribution in [2.75, 3.05) is 5.32 Å². The van der Waals surface area contributed by atoms with Gasteiger partial charge in [-0.2, -0.15) is 0 Å². The van der Waals surface area contributed by atoms with Crippen LogP contribution in [-0.2, 0) is 17.8 Å². The van der Waals surface area contributed by atoms with Crippen molar-refractivity contribution in [1.29, 1.82) is 0 Å². The van der Waals surface area contributed by atoms with E-state index in [-0.39, 0.29) is 6.09 Å².